The smallest absolute Gasteiger partial charge is 0.262 e. The lowest BCUT2D eigenvalue weighted by atomic mass is 10.2. The number of hydrogen-bond donors (Lipinski definition) is 1. The highest BCUT2D eigenvalue weighted by Crippen LogP contribution is 2.22. The molecular formula is C20H25N3O2. The molecule has 2 aromatic rings. The van der Waals surface area contributed by atoms with Gasteiger partial charge in [-0.3, -0.25) is 4.79 Å². The van der Waals surface area contributed by atoms with Gasteiger partial charge in [0.2, 0.25) is 0 Å². The molecule has 5 nitrogen and oxygen atoms in total. The van der Waals surface area contributed by atoms with Gasteiger partial charge in [-0.15, -0.1) is 0 Å². The lowest BCUT2D eigenvalue weighted by molar-refractivity contribution is -0.118. The third kappa shape index (κ3) is 4.50. The first-order valence-corrected chi connectivity index (χ1v) is 8.90. The van der Waals surface area contributed by atoms with Crippen LogP contribution in [-0.4, -0.2) is 30.6 Å². The first-order valence-electron chi connectivity index (χ1n) is 8.90. The molecule has 1 aromatic carbocycles. The third-order valence-electron chi connectivity index (χ3n) is 4.48. The number of amides is 1. The normalized spacial score (nSPS) is 13.8. The van der Waals surface area contributed by atoms with Crippen molar-refractivity contribution in [1.29, 1.82) is 0 Å². The van der Waals surface area contributed by atoms with Gasteiger partial charge in [-0.1, -0.05) is 19.1 Å². The second-order valence-electron chi connectivity index (χ2n) is 6.33. The minimum atomic E-state index is -0.182. The minimum absolute atomic E-state index is 0.0151. The lowest BCUT2D eigenvalue weighted by Crippen LogP contribution is -2.22. The summed E-state index contributed by atoms with van der Waals surface area (Å²) in [5.41, 5.74) is 2.81. The lowest BCUT2D eigenvalue weighted by Gasteiger charge is -2.18. The fourth-order valence-electron chi connectivity index (χ4n) is 2.96. The van der Waals surface area contributed by atoms with Gasteiger partial charge in [0.1, 0.15) is 11.6 Å². The molecule has 0 aliphatic carbocycles. The highest BCUT2D eigenvalue weighted by Gasteiger charge is 2.15. The van der Waals surface area contributed by atoms with Crippen molar-refractivity contribution in [3.05, 3.63) is 47.7 Å². The number of hydrogen-bond acceptors (Lipinski definition) is 4. The Morgan fingerprint density at radius 3 is 2.52 bits per heavy atom. The molecule has 5 heteroatoms. The van der Waals surface area contributed by atoms with Crippen molar-refractivity contribution in [1.82, 2.24) is 4.98 Å². The van der Waals surface area contributed by atoms with Crippen molar-refractivity contribution < 1.29 is 9.53 Å². The van der Waals surface area contributed by atoms with E-state index >= 15 is 0 Å². The number of anilines is 2. The molecule has 2 heterocycles. The van der Waals surface area contributed by atoms with E-state index in [2.05, 4.69) is 22.1 Å². The van der Waals surface area contributed by atoms with Crippen LogP contribution in [0.4, 0.5) is 11.5 Å². The van der Waals surface area contributed by atoms with Gasteiger partial charge in [0.25, 0.3) is 5.91 Å². The zero-order chi connectivity index (χ0) is 17.6. The number of pyridine rings is 1. The molecule has 1 amide bonds. The second kappa shape index (κ2) is 8.01. The van der Waals surface area contributed by atoms with Gasteiger partial charge in [-0.2, -0.15) is 0 Å². The second-order valence-corrected chi connectivity index (χ2v) is 6.33. The molecule has 1 aromatic heterocycles. The Bertz CT molecular complexity index is 722. The molecule has 1 fully saturated rings. The summed E-state index contributed by atoms with van der Waals surface area (Å²) in [6.07, 6.45) is 3.42. The number of aryl methyl sites for hydroxylation is 2. The minimum Gasteiger partial charge on any atom is -0.484 e. The van der Waals surface area contributed by atoms with Gasteiger partial charge in [-0.25, -0.2) is 4.98 Å². The molecule has 0 spiro atoms. The maximum atomic E-state index is 12.1. The molecular weight excluding hydrogens is 314 g/mol. The van der Waals surface area contributed by atoms with Crippen LogP contribution in [0.25, 0.3) is 0 Å². The molecule has 1 N–H and O–H groups in total. The predicted octanol–water partition coefficient (Wildman–Crippen LogP) is 3.57. The first kappa shape index (κ1) is 17.3. The van der Waals surface area contributed by atoms with Crippen LogP contribution < -0.4 is 15.0 Å². The number of aromatic nitrogens is 1. The topological polar surface area (TPSA) is 54.5 Å². The van der Waals surface area contributed by atoms with E-state index in [1.54, 1.807) is 0 Å². The summed E-state index contributed by atoms with van der Waals surface area (Å²) in [4.78, 5) is 19.0. The van der Waals surface area contributed by atoms with E-state index in [1.165, 1.54) is 18.4 Å². The Labute approximate surface area is 149 Å². The van der Waals surface area contributed by atoms with Crippen molar-refractivity contribution >= 4 is 17.4 Å². The van der Waals surface area contributed by atoms with Crippen LogP contribution in [0, 0.1) is 6.92 Å². The number of nitrogens with one attached hydrogen (secondary N) is 1. The number of benzene rings is 1. The van der Waals surface area contributed by atoms with E-state index in [4.69, 9.17) is 4.74 Å². The maximum Gasteiger partial charge on any atom is 0.262 e. The largest absolute Gasteiger partial charge is 0.484 e. The van der Waals surface area contributed by atoms with Gasteiger partial charge in [0.15, 0.2) is 6.61 Å². The molecule has 0 unspecified atom stereocenters. The average Bonchev–Trinajstić information content (AvgIpc) is 3.17. The zero-order valence-corrected chi connectivity index (χ0v) is 14.9. The predicted molar refractivity (Wildman–Crippen MR) is 100 cm³/mol. The van der Waals surface area contributed by atoms with Crippen LogP contribution in [0.15, 0.2) is 36.4 Å². The Hall–Kier alpha value is -2.56. The molecule has 0 saturated carbocycles. The fourth-order valence-corrected chi connectivity index (χ4v) is 2.96. The first-order chi connectivity index (χ1) is 12.2. The standard InChI is InChI=1S/C20H25N3O2/c1-3-16-6-8-17(9-7-16)25-14-20(24)22-18-10-11-19(21-15(18)2)23-12-4-5-13-23/h6-11H,3-5,12-14H2,1-2H3,(H,22,24). The number of carbonyl (C=O) groups is 1. The molecule has 1 saturated heterocycles. The van der Waals surface area contributed by atoms with Crippen LogP contribution in [0.1, 0.15) is 31.0 Å². The van der Waals surface area contributed by atoms with Crippen molar-refractivity contribution in [3.63, 3.8) is 0 Å². The Morgan fingerprint density at radius 1 is 1.16 bits per heavy atom. The van der Waals surface area contributed by atoms with Crippen molar-refractivity contribution in [3.8, 4) is 5.75 Å². The summed E-state index contributed by atoms with van der Waals surface area (Å²) in [6, 6.07) is 11.7. The maximum absolute atomic E-state index is 12.1. The van der Waals surface area contributed by atoms with Gasteiger partial charge in [0.05, 0.1) is 11.4 Å². The Kier molecular flexibility index (Phi) is 5.53. The van der Waals surface area contributed by atoms with Crippen LogP contribution in [0.2, 0.25) is 0 Å². The molecule has 132 valence electrons. The molecule has 25 heavy (non-hydrogen) atoms. The Balaban J connectivity index is 1.54. The van der Waals surface area contributed by atoms with E-state index in [1.807, 2.05) is 43.3 Å². The van der Waals surface area contributed by atoms with Gasteiger partial charge in [-0.05, 0) is 56.0 Å². The van der Waals surface area contributed by atoms with Crippen LogP contribution >= 0.6 is 0 Å². The summed E-state index contributed by atoms with van der Waals surface area (Å²) in [7, 11) is 0. The van der Waals surface area contributed by atoms with Crippen molar-refractivity contribution in [2.75, 3.05) is 29.9 Å². The molecule has 0 atom stereocenters. The number of nitrogens with zero attached hydrogens (tertiary/aromatic N) is 2. The van der Waals surface area contributed by atoms with Crippen LogP contribution in [0.5, 0.6) is 5.75 Å². The van der Waals surface area contributed by atoms with Crippen LogP contribution in [-0.2, 0) is 11.2 Å². The fraction of sp³-hybridized carbons (Fsp3) is 0.400. The zero-order valence-electron chi connectivity index (χ0n) is 14.9. The van der Waals surface area contributed by atoms with E-state index in [-0.39, 0.29) is 12.5 Å². The van der Waals surface area contributed by atoms with Gasteiger partial charge in [0, 0.05) is 13.1 Å². The summed E-state index contributed by atoms with van der Waals surface area (Å²) >= 11 is 0. The Morgan fingerprint density at radius 2 is 1.88 bits per heavy atom. The third-order valence-corrected chi connectivity index (χ3v) is 4.48. The summed E-state index contributed by atoms with van der Waals surface area (Å²) < 4.78 is 5.54. The van der Waals surface area contributed by atoms with Gasteiger partial charge < -0.3 is 15.0 Å². The SMILES string of the molecule is CCc1ccc(OCC(=O)Nc2ccc(N3CCCC3)nc2C)cc1. The number of rotatable bonds is 6. The summed E-state index contributed by atoms with van der Waals surface area (Å²) in [5, 5.41) is 2.88. The molecule has 1 aliphatic heterocycles. The van der Waals surface area contributed by atoms with Crippen molar-refractivity contribution in [2.45, 2.75) is 33.1 Å². The van der Waals surface area contributed by atoms with Crippen molar-refractivity contribution in [2.24, 2.45) is 0 Å². The quantitative estimate of drug-likeness (QED) is 0.874. The van der Waals surface area contributed by atoms with E-state index in [0.717, 1.165) is 36.7 Å². The summed E-state index contributed by atoms with van der Waals surface area (Å²) in [6.45, 7) is 6.12. The van der Waals surface area contributed by atoms with Crippen LogP contribution in [0.3, 0.4) is 0 Å². The number of carbonyl (C=O) groups excluding carboxylic acids is 1. The highest BCUT2D eigenvalue weighted by atomic mass is 16.5. The number of ether oxygens (including phenoxy) is 1. The molecule has 1 aliphatic rings. The molecule has 3 rings (SSSR count). The molecule has 0 radical (unpaired) electrons. The monoisotopic (exact) mass is 339 g/mol. The van der Waals surface area contributed by atoms with E-state index < -0.39 is 0 Å². The summed E-state index contributed by atoms with van der Waals surface area (Å²) in [5.74, 6) is 1.50. The van der Waals surface area contributed by atoms with Gasteiger partial charge >= 0.3 is 0 Å². The average molecular weight is 339 g/mol. The van der Waals surface area contributed by atoms with E-state index in [0.29, 0.717) is 5.75 Å². The molecule has 0 bridgehead atoms. The highest BCUT2D eigenvalue weighted by molar-refractivity contribution is 5.92. The van der Waals surface area contributed by atoms with E-state index in [9.17, 15) is 4.79 Å².